The quantitative estimate of drug-likeness (QED) is 0.617. The Hall–Kier alpha value is 0.239. The van der Waals surface area contributed by atoms with Crippen molar-refractivity contribution in [2.45, 2.75) is 34.3 Å². The van der Waals surface area contributed by atoms with Gasteiger partial charge in [0.25, 0.3) is 0 Å². The van der Waals surface area contributed by atoms with E-state index in [-0.39, 0.29) is 6.10 Å². The average molecular weight is 275 g/mol. The molecule has 0 rings (SSSR count). The Morgan fingerprint density at radius 3 is 2.25 bits per heavy atom. The van der Waals surface area contributed by atoms with Crippen LogP contribution in [0.4, 0.5) is 0 Å². The second kappa shape index (κ2) is 5.07. The van der Waals surface area contributed by atoms with E-state index in [2.05, 4.69) is 27.5 Å². The summed E-state index contributed by atoms with van der Waals surface area (Å²) in [4.78, 5) is 6.95. The van der Waals surface area contributed by atoms with Gasteiger partial charge in [0.15, 0.2) is 0 Å². The normalized spacial score (nSPS) is 15.9. The van der Waals surface area contributed by atoms with Gasteiger partial charge >= 0.3 is 80.1 Å². The minimum absolute atomic E-state index is 0.263. The van der Waals surface area contributed by atoms with Crippen LogP contribution in [-0.2, 0) is 0 Å². The van der Waals surface area contributed by atoms with Crippen molar-refractivity contribution in [2.24, 2.45) is 0 Å². The van der Waals surface area contributed by atoms with E-state index in [1.807, 2.05) is 13.0 Å². The third-order valence-electron chi connectivity index (χ3n) is 1.82. The third kappa shape index (κ3) is 4.31. The first-order valence-corrected chi connectivity index (χ1v) is 14.4. The molecule has 0 fully saturated rings. The Morgan fingerprint density at radius 1 is 1.50 bits per heavy atom. The van der Waals surface area contributed by atoms with Gasteiger partial charge in [0.2, 0.25) is 0 Å². The zero-order valence-corrected chi connectivity index (χ0v) is 11.4. The molecule has 0 spiro atoms. The Bertz CT molecular complexity index is 175. The van der Waals surface area contributed by atoms with E-state index in [0.29, 0.717) is 0 Å². The van der Waals surface area contributed by atoms with Gasteiger partial charge in [-0.15, -0.1) is 0 Å². The molecule has 12 heavy (non-hydrogen) atoms. The molecule has 1 atom stereocenters. The van der Waals surface area contributed by atoms with Crippen molar-refractivity contribution in [3.63, 3.8) is 0 Å². The van der Waals surface area contributed by atoms with Gasteiger partial charge in [-0.2, -0.15) is 0 Å². The van der Waals surface area contributed by atoms with Gasteiger partial charge in [0.05, 0.1) is 0 Å². The molecule has 1 N–H and O–H groups in total. The summed E-state index contributed by atoms with van der Waals surface area (Å²) in [5.74, 6) is 0. The van der Waals surface area contributed by atoms with E-state index in [9.17, 15) is 5.11 Å². The van der Waals surface area contributed by atoms with Crippen molar-refractivity contribution in [1.82, 2.24) is 0 Å². The average Bonchev–Trinajstić information content (AvgIpc) is 1.84. The number of hydrogen-bond acceptors (Lipinski definition) is 1. The maximum absolute atomic E-state index is 9.52. The summed E-state index contributed by atoms with van der Waals surface area (Å²) in [5.41, 5.74) is 0. The summed E-state index contributed by atoms with van der Waals surface area (Å²) < 4.78 is 1.30. The van der Waals surface area contributed by atoms with Crippen LogP contribution in [-0.4, -0.2) is 29.6 Å². The first kappa shape index (κ1) is 12.2. The molecule has 0 aliphatic heterocycles. The van der Waals surface area contributed by atoms with E-state index in [1.54, 1.807) is 0 Å². The molecule has 0 heterocycles. The van der Waals surface area contributed by atoms with Crippen LogP contribution in [0.5, 0.6) is 0 Å². The first-order chi connectivity index (χ1) is 5.39. The summed E-state index contributed by atoms with van der Waals surface area (Å²) in [5, 5.41) is 9.52. The molecular formula is C10H20OSn. The first-order valence-electron chi connectivity index (χ1n) is 4.39. The van der Waals surface area contributed by atoms with Crippen molar-refractivity contribution in [3.8, 4) is 0 Å². The van der Waals surface area contributed by atoms with Crippen LogP contribution in [0, 0.1) is 0 Å². The van der Waals surface area contributed by atoms with Crippen LogP contribution in [0.3, 0.4) is 0 Å². The van der Waals surface area contributed by atoms with Crippen molar-refractivity contribution in [2.75, 3.05) is 0 Å². The number of allylic oxidation sites excluding steroid dienone is 2. The number of hydrogen-bond donors (Lipinski definition) is 1. The molecule has 1 unspecified atom stereocenters. The number of aliphatic hydroxyl groups excluding tert-OH is 1. The Balaban J connectivity index is 4.55. The van der Waals surface area contributed by atoms with Gasteiger partial charge in [-0.25, -0.2) is 0 Å². The van der Waals surface area contributed by atoms with E-state index in [1.165, 1.54) is 3.59 Å². The van der Waals surface area contributed by atoms with Crippen molar-refractivity contribution < 1.29 is 5.11 Å². The van der Waals surface area contributed by atoms with Crippen LogP contribution in [0.15, 0.2) is 22.3 Å². The van der Waals surface area contributed by atoms with Gasteiger partial charge < -0.3 is 0 Å². The van der Waals surface area contributed by atoms with Gasteiger partial charge in [0, 0.05) is 0 Å². The van der Waals surface area contributed by atoms with Crippen LogP contribution in [0.25, 0.3) is 0 Å². The van der Waals surface area contributed by atoms with E-state index in [4.69, 9.17) is 0 Å². The molecule has 0 aromatic rings. The monoisotopic (exact) mass is 276 g/mol. The Morgan fingerprint density at radius 2 is 2.00 bits per heavy atom. The zero-order valence-electron chi connectivity index (χ0n) is 8.59. The molecule has 1 nitrogen and oxygen atoms in total. The fourth-order valence-corrected chi connectivity index (χ4v) is 6.97. The van der Waals surface area contributed by atoms with Crippen molar-refractivity contribution in [3.05, 3.63) is 22.3 Å². The molecule has 2 heteroatoms. The third-order valence-corrected chi connectivity index (χ3v) is 8.54. The van der Waals surface area contributed by atoms with Gasteiger partial charge in [-0.3, -0.25) is 0 Å². The van der Waals surface area contributed by atoms with Gasteiger partial charge in [-0.05, 0) is 0 Å². The molecule has 0 radical (unpaired) electrons. The standard InChI is InChI=1S/C7H11O.3CH3.Sn/c1-3-4-5-6-7(2)8;;;;/h3,5,7-8H,1,4H2,2H3;3*1H3;. The topological polar surface area (TPSA) is 20.2 Å². The molecule has 70 valence electrons. The zero-order chi connectivity index (χ0) is 9.78. The van der Waals surface area contributed by atoms with Crippen LogP contribution < -0.4 is 0 Å². The fraction of sp³-hybridized carbons (Fsp3) is 0.600. The van der Waals surface area contributed by atoms with E-state index in [0.717, 1.165) is 6.42 Å². The van der Waals surface area contributed by atoms with E-state index < -0.39 is 18.4 Å². The molecular weight excluding hydrogens is 255 g/mol. The molecule has 0 bridgehead atoms. The van der Waals surface area contributed by atoms with Crippen molar-refractivity contribution >= 4 is 18.4 Å². The van der Waals surface area contributed by atoms with Gasteiger partial charge in [0.1, 0.15) is 0 Å². The SMILES string of the molecule is C=CC/C=[C](/C(C)O)[Sn]([CH3])([CH3])[CH3]. The summed E-state index contributed by atoms with van der Waals surface area (Å²) in [6.07, 6.45) is 4.64. The summed E-state index contributed by atoms with van der Waals surface area (Å²) in [6.45, 7) is 5.53. The molecule has 0 aliphatic rings. The van der Waals surface area contributed by atoms with Crippen LogP contribution in [0.2, 0.25) is 14.8 Å². The molecule has 0 amide bonds. The summed E-state index contributed by atoms with van der Waals surface area (Å²) >= 11 is -2.03. The predicted octanol–water partition coefficient (Wildman–Crippen LogP) is 2.75. The molecule has 0 saturated heterocycles. The minimum atomic E-state index is -2.03. The second-order valence-corrected chi connectivity index (χ2v) is 18.6. The van der Waals surface area contributed by atoms with Crippen LogP contribution in [0.1, 0.15) is 13.3 Å². The predicted molar refractivity (Wildman–Crippen MR) is 57.9 cm³/mol. The van der Waals surface area contributed by atoms with E-state index >= 15 is 0 Å². The second-order valence-electron chi connectivity index (χ2n) is 4.11. The summed E-state index contributed by atoms with van der Waals surface area (Å²) in [6, 6.07) is 0. The fourth-order valence-electron chi connectivity index (χ4n) is 1.31. The molecule has 0 aromatic carbocycles. The van der Waals surface area contributed by atoms with Crippen molar-refractivity contribution in [1.29, 1.82) is 0 Å². The summed E-state index contributed by atoms with van der Waals surface area (Å²) in [7, 11) is 0. The Labute approximate surface area is 80.1 Å². The van der Waals surface area contributed by atoms with Crippen LogP contribution >= 0.6 is 0 Å². The number of aliphatic hydroxyl groups is 1. The molecule has 0 aromatic heterocycles. The van der Waals surface area contributed by atoms with Gasteiger partial charge in [-0.1, -0.05) is 0 Å². The Kier molecular flexibility index (Phi) is 5.17. The maximum atomic E-state index is 9.52. The molecule has 0 aliphatic carbocycles. The number of rotatable bonds is 4. The molecule has 0 saturated carbocycles.